The molecule has 0 unspecified atom stereocenters. The lowest BCUT2D eigenvalue weighted by Gasteiger charge is -2.30. The Labute approximate surface area is 110 Å². The van der Waals surface area contributed by atoms with E-state index in [1.54, 1.807) is 0 Å². The highest BCUT2D eigenvalue weighted by molar-refractivity contribution is 5.79. The van der Waals surface area contributed by atoms with E-state index in [2.05, 4.69) is 0 Å². The maximum absolute atomic E-state index is 9.19. The van der Waals surface area contributed by atoms with Gasteiger partial charge in [-0.25, -0.2) is 0 Å². The molecule has 0 spiro atoms. The molecule has 2 aromatic rings. The monoisotopic (exact) mass is 258 g/mol. The van der Waals surface area contributed by atoms with Crippen molar-refractivity contribution in [1.29, 1.82) is 0 Å². The fraction of sp³-hybridized carbons (Fsp3) is 0.200. The average molecular weight is 258 g/mol. The topological polar surface area (TPSA) is 58.9 Å². The van der Waals surface area contributed by atoms with E-state index in [-0.39, 0.29) is 0 Å². The summed E-state index contributed by atoms with van der Waals surface area (Å²) in [4.78, 5) is 0. The van der Waals surface area contributed by atoms with Crippen LogP contribution in [0.25, 0.3) is 11.1 Å². The Bertz CT molecular complexity index is 541. The molecule has 2 aromatic carbocycles. The van der Waals surface area contributed by atoms with Gasteiger partial charge in [0.05, 0.1) is 0 Å². The lowest BCUT2D eigenvalue weighted by Crippen LogP contribution is -2.33. The Kier molecular flexibility index (Phi) is 3.08. The van der Waals surface area contributed by atoms with Crippen molar-refractivity contribution in [3.05, 3.63) is 59.7 Å². The Hall–Kier alpha value is -1.72. The van der Waals surface area contributed by atoms with Gasteiger partial charge in [-0.2, -0.15) is 0 Å². The number of hydrogen-bond donors (Lipinski definition) is 2. The molecule has 0 saturated carbocycles. The van der Waals surface area contributed by atoms with Gasteiger partial charge in [0, 0.05) is 11.1 Å². The summed E-state index contributed by atoms with van der Waals surface area (Å²) < 4.78 is 10.9. The molecule has 4 heteroatoms. The van der Waals surface area contributed by atoms with Gasteiger partial charge in [0.15, 0.2) is 0 Å². The van der Waals surface area contributed by atoms with Crippen LogP contribution in [0.2, 0.25) is 0 Å². The predicted octanol–water partition coefficient (Wildman–Crippen LogP) is 1.80. The number of hydrogen-bond acceptors (Lipinski definition) is 4. The minimum Gasteiger partial charge on any atom is -0.370 e. The molecular weight excluding hydrogens is 244 g/mol. The van der Waals surface area contributed by atoms with Gasteiger partial charge in [-0.3, -0.25) is 0 Å². The molecule has 0 amide bonds. The lowest BCUT2D eigenvalue weighted by atomic mass is 10.0. The SMILES string of the molecule is OCOC1(OCO)c2ccccc2-c2ccccc21. The van der Waals surface area contributed by atoms with E-state index in [0.717, 1.165) is 22.3 Å². The second-order valence-corrected chi connectivity index (χ2v) is 4.25. The molecule has 2 N–H and O–H groups in total. The van der Waals surface area contributed by atoms with Crippen LogP contribution in [0.1, 0.15) is 11.1 Å². The minimum absolute atomic E-state index is 0.497. The highest BCUT2D eigenvalue weighted by Gasteiger charge is 2.45. The average Bonchev–Trinajstić information content (AvgIpc) is 2.72. The summed E-state index contributed by atoms with van der Waals surface area (Å²) in [5.41, 5.74) is 3.55. The lowest BCUT2D eigenvalue weighted by molar-refractivity contribution is -0.269. The molecule has 19 heavy (non-hydrogen) atoms. The van der Waals surface area contributed by atoms with Gasteiger partial charge in [0.2, 0.25) is 5.79 Å². The number of aliphatic hydroxyl groups excluding tert-OH is 2. The fourth-order valence-corrected chi connectivity index (χ4v) is 2.69. The first-order valence-corrected chi connectivity index (χ1v) is 6.02. The zero-order valence-electron chi connectivity index (χ0n) is 10.2. The van der Waals surface area contributed by atoms with E-state index in [9.17, 15) is 10.2 Å². The van der Waals surface area contributed by atoms with Crippen LogP contribution in [-0.4, -0.2) is 23.8 Å². The van der Waals surface area contributed by atoms with Crippen LogP contribution in [0.5, 0.6) is 0 Å². The van der Waals surface area contributed by atoms with Crippen LogP contribution in [0.4, 0.5) is 0 Å². The number of fused-ring (bicyclic) bond motifs is 3. The third-order valence-electron chi connectivity index (χ3n) is 3.39. The summed E-state index contributed by atoms with van der Waals surface area (Å²) >= 11 is 0. The van der Waals surface area contributed by atoms with E-state index in [4.69, 9.17) is 9.47 Å². The molecule has 1 aliphatic rings. The molecule has 0 atom stereocenters. The third kappa shape index (κ3) is 1.69. The van der Waals surface area contributed by atoms with Crippen LogP contribution in [0, 0.1) is 0 Å². The third-order valence-corrected chi connectivity index (χ3v) is 3.39. The molecule has 0 heterocycles. The van der Waals surface area contributed by atoms with E-state index in [0.29, 0.717) is 0 Å². The highest BCUT2D eigenvalue weighted by Crippen LogP contribution is 2.49. The molecule has 0 fully saturated rings. The van der Waals surface area contributed by atoms with Crippen LogP contribution >= 0.6 is 0 Å². The molecule has 3 rings (SSSR count). The second kappa shape index (κ2) is 4.75. The molecule has 0 radical (unpaired) electrons. The Morgan fingerprint density at radius 1 is 0.737 bits per heavy atom. The van der Waals surface area contributed by atoms with Crippen molar-refractivity contribution in [1.82, 2.24) is 0 Å². The van der Waals surface area contributed by atoms with Crippen molar-refractivity contribution < 1.29 is 19.7 Å². The Morgan fingerprint density at radius 3 is 1.58 bits per heavy atom. The van der Waals surface area contributed by atoms with E-state index >= 15 is 0 Å². The van der Waals surface area contributed by atoms with Gasteiger partial charge in [0.1, 0.15) is 13.6 Å². The Balaban J connectivity index is 2.28. The first-order chi connectivity index (χ1) is 9.33. The predicted molar refractivity (Wildman–Crippen MR) is 69.0 cm³/mol. The van der Waals surface area contributed by atoms with Crippen molar-refractivity contribution in [3.63, 3.8) is 0 Å². The van der Waals surface area contributed by atoms with Crippen molar-refractivity contribution in [3.8, 4) is 11.1 Å². The summed E-state index contributed by atoms with van der Waals surface area (Å²) in [6, 6.07) is 15.3. The Morgan fingerprint density at radius 2 is 1.16 bits per heavy atom. The van der Waals surface area contributed by atoms with E-state index in [1.165, 1.54) is 0 Å². The quantitative estimate of drug-likeness (QED) is 0.821. The summed E-state index contributed by atoms with van der Waals surface area (Å²) in [7, 11) is 0. The molecule has 0 aromatic heterocycles. The van der Waals surface area contributed by atoms with Crippen LogP contribution in [0.15, 0.2) is 48.5 Å². The number of aliphatic hydroxyl groups is 2. The second-order valence-electron chi connectivity index (χ2n) is 4.25. The van der Waals surface area contributed by atoms with Crippen molar-refractivity contribution in [2.75, 3.05) is 13.6 Å². The van der Waals surface area contributed by atoms with Gasteiger partial charge in [0.25, 0.3) is 0 Å². The molecule has 98 valence electrons. The molecule has 0 saturated heterocycles. The van der Waals surface area contributed by atoms with E-state index in [1.807, 2.05) is 48.5 Å². The molecule has 0 aliphatic heterocycles. The summed E-state index contributed by atoms with van der Waals surface area (Å²) in [5.74, 6) is -1.24. The number of ether oxygens (including phenoxy) is 2. The van der Waals surface area contributed by atoms with Gasteiger partial charge in [-0.1, -0.05) is 48.5 Å². The zero-order chi connectivity index (χ0) is 13.3. The fourth-order valence-electron chi connectivity index (χ4n) is 2.69. The maximum atomic E-state index is 9.19. The van der Waals surface area contributed by atoms with Crippen LogP contribution in [0.3, 0.4) is 0 Å². The first-order valence-electron chi connectivity index (χ1n) is 6.02. The van der Waals surface area contributed by atoms with Gasteiger partial charge < -0.3 is 19.7 Å². The summed E-state index contributed by atoms with van der Waals surface area (Å²) in [6.07, 6.45) is 0. The number of benzene rings is 2. The van der Waals surface area contributed by atoms with Crippen LogP contribution < -0.4 is 0 Å². The normalized spacial score (nSPS) is 15.1. The molecule has 1 aliphatic carbocycles. The largest absolute Gasteiger partial charge is 0.370 e. The summed E-state index contributed by atoms with van der Waals surface area (Å²) in [5, 5.41) is 18.4. The molecule has 0 bridgehead atoms. The summed E-state index contributed by atoms with van der Waals surface area (Å²) in [6.45, 7) is -0.995. The van der Waals surface area contributed by atoms with E-state index < -0.39 is 19.4 Å². The zero-order valence-corrected chi connectivity index (χ0v) is 10.2. The van der Waals surface area contributed by atoms with Crippen LogP contribution in [-0.2, 0) is 15.3 Å². The standard InChI is InChI=1S/C15H14O4/c16-9-18-15(19-10-17)13-7-3-1-5-11(13)12-6-2-4-8-14(12)15/h1-8,16-17H,9-10H2. The highest BCUT2D eigenvalue weighted by atomic mass is 16.8. The first kappa shape index (κ1) is 12.3. The number of rotatable bonds is 4. The van der Waals surface area contributed by atoms with Gasteiger partial charge in [-0.05, 0) is 11.1 Å². The molecule has 4 nitrogen and oxygen atoms in total. The maximum Gasteiger partial charge on any atom is 0.227 e. The van der Waals surface area contributed by atoms with Gasteiger partial charge >= 0.3 is 0 Å². The van der Waals surface area contributed by atoms with Crippen molar-refractivity contribution in [2.24, 2.45) is 0 Å². The minimum atomic E-state index is -1.24. The van der Waals surface area contributed by atoms with Crippen molar-refractivity contribution >= 4 is 0 Å². The smallest absolute Gasteiger partial charge is 0.227 e. The van der Waals surface area contributed by atoms with Crippen molar-refractivity contribution in [2.45, 2.75) is 5.79 Å². The van der Waals surface area contributed by atoms with Gasteiger partial charge in [-0.15, -0.1) is 0 Å². The molecular formula is C15H14O4.